The van der Waals surface area contributed by atoms with Crippen LogP contribution in [0.2, 0.25) is 0 Å². The van der Waals surface area contributed by atoms with Crippen LogP contribution in [0.15, 0.2) is 0 Å². The molecule has 1 fully saturated rings. The van der Waals surface area contributed by atoms with Crippen molar-refractivity contribution in [1.82, 2.24) is 21.3 Å². The molecule has 1 aliphatic carbocycles. The van der Waals surface area contributed by atoms with Gasteiger partial charge in [-0.1, -0.05) is 0 Å². The van der Waals surface area contributed by atoms with E-state index in [4.69, 9.17) is 10.2 Å². The van der Waals surface area contributed by atoms with Crippen molar-refractivity contribution in [2.45, 2.75) is 37.8 Å². The van der Waals surface area contributed by atoms with Gasteiger partial charge in [0, 0.05) is 25.2 Å². The number of carbonyl (C=O) groups is 2. The highest BCUT2D eigenvalue weighted by Gasteiger charge is 2.23. The minimum absolute atomic E-state index is 0.0764. The van der Waals surface area contributed by atoms with Crippen LogP contribution >= 0.6 is 0 Å². The van der Waals surface area contributed by atoms with Gasteiger partial charge in [-0.3, -0.25) is 0 Å². The fraction of sp³-hybridized carbons (Fsp3) is 0.833. The molecule has 0 aromatic carbocycles. The first-order chi connectivity index (χ1) is 9.65. The van der Waals surface area contributed by atoms with Crippen molar-refractivity contribution < 1.29 is 19.8 Å². The highest BCUT2D eigenvalue weighted by Crippen LogP contribution is 2.18. The lowest BCUT2D eigenvalue weighted by Gasteiger charge is -2.29. The fourth-order valence-corrected chi connectivity index (χ4v) is 2.19. The van der Waals surface area contributed by atoms with E-state index < -0.39 is 0 Å². The Morgan fingerprint density at radius 3 is 1.45 bits per heavy atom. The van der Waals surface area contributed by atoms with Gasteiger partial charge in [-0.15, -0.1) is 0 Å². The minimum Gasteiger partial charge on any atom is -0.395 e. The van der Waals surface area contributed by atoms with E-state index in [2.05, 4.69) is 21.3 Å². The lowest BCUT2D eigenvalue weighted by Crippen LogP contribution is -2.49. The zero-order valence-corrected chi connectivity index (χ0v) is 11.5. The average molecular weight is 288 g/mol. The van der Waals surface area contributed by atoms with Crippen LogP contribution in [-0.2, 0) is 0 Å². The van der Waals surface area contributed by atoms with Crippen LogP contribution in [0.4, 0.5) is 9.59 Å². The molecule has 6 N–H and O–H groups in total. The second kappa shape index (κ2) is 9.38. The monoisotopic (exact) mass is 288 g/mol. The van der Waals surface area contributed by atoms with E-state index >= 15 is 0 Å². The van der Waals surface area contributed by atoms with Crippen molar-refractivity contribution in [1.29, 1.82) is 0 Å². The largest absolute Gasteiger partial charge is 0.395 e. The van der Waals surface area contributed by atoms with Crippen molar-refractivity contribution >= 4 is 12.1 Å². The molecule has 1 rings (SSSR count). The maximum atomic E-state index is 11.4. The van der Waals surface area contributed by atoms with E-state index in [1.807, 2.05) is 0 Å². The second-order valence-corrected chi connectivity index (χ2v) is 4.80. The number of aliphatic hydroxyl groups excluding tert-OH is 2. The van der Waals surface area contributed by atoms with Gasteiger partial charge < -0.3 is 31.5 Å². The number of carbonyl (C=O) groups excluding carboxylic acids is 2. The molecule has 0 aromatic rings. The first-order valence-electron chi connectivity index (χ1n) is 6.96. The van der Waals surface area contributed by atoms with Crippen LogP contribution < -0.4 is 21.3 Å². The SMILES string of the molecule is O=C(NCCO)NC1CCC(NC(=O)NCCO)CC1. The smallest absolute Gasteiger partial charge is 0.315 e. The second-order valence-electron chi connectivity index (χ2n) is 4.80. The van der Waals surface area contributed by atoms with Gasteiger partial charge in [-0.05, 0) is 25.7 Å². The van der Waals surface area contributed by atoms with Crippen LogP contribution in [0.25, 0.3) is 0 Å². The Labute approximate surface area is 118 Å². The Hall–Kier alpha value is -1.54. The molecule has 0 spiro atoms. The quantitative estimate of drug-likeness (QED) is 0.370. The van der Waals surface area contributed by atoms with Gasteiger partial charge >= 0.3 is 12.1 Å². The molecule has 1 saturated carbocycles. The van der Waals surface area contributed by atoms with Crippen LogP contribution in [-0.4, -0.2) is 60.7 Å². The van der Waals surface area contributed by atoms with Gasteiger partial charge in [0.05, 0.1) is 13.2 Å². The Kier molecular flexibility index (Phi) is 7.74. The number of rotatable bonds is 6. The third kappa shape index (κ3) is 6.58. The number of hydrogen-bond donors (Lipinski definition) is 6. The Morgan fingerprint density at radius 2 is 1.15 bits per heavy atom. The lowest BCUT2D eigenvalue weighted by atomic mass is 9.91. The average Bonchev–Trinajstić information content (AvgIpc) is 2.45. The molecule has 0 aliphatic heterocycles. The van der Waals surface area contributed by atoms with Crippen LogP contribution in [0.1, 0.15) is 25.7 Å². The summed E-state index contributed by atoms with van der Waals surface area (Å²) in [6, 6.07) is -0.327. The summed E-state index contributed by atoms with van der Waals surface area (Å²) < 4.78 is 0. The maximum absolute atomic E-state index is 11.4. The summed E-state index contributed by atoms with van der Waals surface area (Å²) in [7, 11) is 0. The summed E-state index contributed by atoms with van der Waals surface area (Å²) in [5.74, 6) is 0. The van der Waals surface area contributed by atoms with Gasteiger partial charge in [0.2, 0.25) is 0 Å². The summed E-state index contributed by atoms with van der Waals surface area (Å²) in [5.41, 5.74) is 0. The highest BCUT2D eigenvalue weighted by atomic mass is 16.3. The molecule has 116 valence electrons. The normalized spacial score (nSPS) is 21.9. The molecule has 0 radical (unpaired) electrons. The Balaban J connectivity index is 2.16. The Bertz CT molecular complexity index is 276. The van der Waals surface area contributed by atoms with E-state index in [-0.39, 0.29) is 50.4 Å². The standard InChI is InChI=1S/C12H24N4O4/c17-7-5-13-11(19)15-9-1-2-10(4-3-9)16-12(20)14-6-8-18/h9-10,17-18H,1-8H2,(H2,13,15,19)(H2,14,16,20). The maximum Gasteiger partial charge on any atom is 0.315 e. The van der Waals surface area contributed by atoms with E-state index in [9.17, 15) is 9.59 Å². The van der Waals surface area contributed by atoms with Crippen molar-refractivity contribution in [2.24, 2.45) is 0 Å². The van der Waals surface area contributed by atoms with Gasteiger partial charge in [0.1, 0.15) is 0 Å². The van der Waals surface area contributed by atoms with Gasteiger partial charge in [0.15, 0.2) is 0 Å². The lowest BCUT2D eigenvalue weighted by molar-refractivity contribution is 0.216. The fourth-order valence-electron chi connectivity index (χ4n) is 2.19. The number of urea groups is 2. The Morgan fingerprint density at radius 1 is 0.800 bits per heavy atom. The third-order valence-electron chi connectivity index (χ3n) is 3.19. The number of hydrogen-bond acceptors (Lipinski definition) is 4. The summed E-state index contributed by atoms with van der Waals surface area (Å²) in [6.45, 7) is 0.335. The highest BCUT2D eigenvalue weighted by molar-refractivity contribution is 5.74. The molecule has 1 aliphatic rings. The molecule has 0 atom stereocenters. The third-order valence-corrected chi connectivity index (χ3v) is 3.19. The van der Waals surface area contributed by atoms with Crippen LogP contribution in [0.3, 0.4) is 0 Å². The van der Waals surface area contributed by atoms with E-state index in [1.54, 1.807) is 0 Å². The van der Waals surface area contributed by atoms with E-state index in [0.29, 0.717) is 0 Å². The van der Waals surface area contributed by atoms with Gasteiger partial charge in [0.25, 0.3) is 0 Å². The van der Waals surface area contributed by atoms with Crippen molar-refractivity contribution in [3.05, 3.63) is 0 Å². The first-order valence-corrected chi connectivity index (χ1v) is 6.96. The van der Waals surface area contributed by atoms with Crippen LogP contribution in [0.5, 0.6) is 0 Å². The number of nitrogens with one attached hydrogen (secondary N) is 4. The predicted octanol–water partition coefficient (Wildman–Crippen LogP) is -1.12. The molecule has 8 heteroatoms. The van der Waals surface area contributed by atoms with Crippen molar-refractivity contribution in [3.8, 4) is 0 Å². The number of amides is 4. The first kappa shape index (κ1) is 16.5. The molecule has 4 amide bonds. The predicted molar refractivity (Wildman–Crippen MR) is 73.3 cm³/mol. The molecule has 0 saturated heterocycles. The van der Waals surface area contributed by atoms with Crippen molar-refractivity contribution in [2.75, 3.05) is 26.3 Å². The molecule has 0 unspecified atom stereocenters. The zero-order valence-electron chi connectivity index (χ0n) is 11.5. The molecule has 0 bridgehead atoms. The van der Waals surface area contributed by atoms with Crippen molar-refractivity contribution in [3.63, 3.8) is 0 Å². The van der Waals surface area contributed by atoms with Crippen LogP contribution in [0, 0.1) is 0 Å². The van der Waals surface area contributed by atoms with Gasteiger partial charge in [-0.25, -0.2) is 9.59 Å². The van der Waals surface area contributed by atoms with E-state index in [0.717, 1.165) is 25.7 Å². The summed E-state index contributed by atoms with van der Waals surface area (Å²) >= 11 is 0. The molecule has 20 heavy (non-hydrogen) atoms. The molecule has 0 aromatic heterocycles. The minimum atomic E-state index is -0.267. The summed E-state index contributed by atoms with van der Waals surface area (Å²) in [6.07, 6.45) is 3.21. The summed E-state index contributed by atoms with van der Waals surface area (Å²) in [5, 5.41) is 28.0. The van der Waals surface area contributed by atoms with E-state index in [1.165, 1.54) is 0 Å². The molecule has 0 heterocycles. The van der Waals surface area contributed by atoms with Gasteiger partial charge in [-0.2, -0.15) is 0 Å². The molecule has 8 nitrogen and oxygen atoms in total. The number of aliphatic hydroxyl groups is 2. The zero-order chi connectivity index (χ0) is 14.8. The summed E-state index contributed by atoms with van der Waals surface area (Å²) in [4.78, 5) is 22.8. The molecular formula is C12H24N4O4. The molecular weight excluding hydrogens is 264 g/mol. The topological polar surface area (TPSA) is 123 Å².